The number of methoxy groups -OCH3 is 1. The van der Waals surface area contributed by atoms with Gasteiger partial charge in [0.1, 0.15) is 12.4 Å². The minimum absolute atomic E-state index is 0.144. The maximum atomic E-state index is 12.6. The van der Waals surface area contributed by atoms with E-state index in [1.165, 1.54) is 4.90 Å². The number of imide groups is 1. The van der Waals surface area contributed by atoms with Crippen LogP contribution in [0.2, 0.25) is 0 Å². The van der Waals surface area contributed by atoms with Crippen LogP contribution < -0.4 is 9.47 Å². The summed E-state index contributed by atoms with van der Waals surface area (Å²) in [5, 5.41) is 9.53. The maximum absolute atomic E-state index is 12.6. The van der Waals surface area contributed by atoms with Gasteiger partial charge in [0.2, 0.25) is 0 Å². The van der Waals surface area contributed by atoms with E-state index in [0.717, 1.165) is 17.3 Å². The van der Waals surface area contributed by atoms with Crippen molar-refractivity contribution in [3.8, 4) is 17.2 Å². The van der Waals surface area contributed by atoms with Crippen molar-refractivity contribution < 1.29 is 24.2 Å². The fraction of sp³-hybridized carbons (Fsp3) is 0.158. The number of carbonyl (C=O) groups excluding carboxylic acids is 2. The number of para-hydroxylation sites is 2. The molecule has 0 unspecified atom stereocenters. The van der Waals surface area contributed by atoms with Crippen LogP contribution in [0.4, 0.5) is 4.79 Å². The van der Waals surface area contributed by atoms with Crippen LogP contribution >= 0.6 is 56.9 Å². The lowest BCUT2D eigenvalue weighted by Crippen LogP contribution is -2.32. The zero-order valence-corrected chi connectivity index (χ0v) is 19.8. The minimum atomic E-state index is -0.350. The Morgan fingerprint density at radius 2 is 1.79 bits per heavy atom. The van der Waals surface area contributed by atoms with Gasteiger partial charge in [-0.1, -0.05) is 12.1 Å². The number of hydrogen-bond acceptors (Lipinski definition) is 6. The molecule has 6 nitrogen and oxygen atoms in total. The van der Waals surface area contributed by atoms with Gasteiger partial charge in [0.15, 0.2) is 11.5 Å². The van der Waals surface area contributed by atoms with E-state index in [1.54, 1.807) is 37.5 Å². The van der Waals surface area contributed by atoms with Crippen molar-refractivity contribution in [3.63, 3.8) is 0 Å². The van der Waals surface area contributed by atoms with Gasteiger partial charge in [-0.15, -0.1) is 0 Å². The number of amides is 2. The van der Waals surface area contributed by atoms with E-state index in [0.29, 0.717) is 23.5 Å². The van der Waals surface area contributed by atoms with E-state index < -0.39 is 0 Å². The Bertz CT molecular complexity index is 940. The monoisotopic (exact) mass is 623 g/mol. The van der Waals surface area contributed by atoms with Crippen molar-refractivity contribution >= 4 is 74.2 Å². The molecule has 9 heteroatoms. The molecule has 28 heavy (non-hydrogen) atoms. The van der Waals surface area contributed by atoms with Gasteiger partial charge in [0.05, 0.1) is 25.7 Å². The summed E-state index contributed by atoms with van der Waals surface area (Å²) >= 11 is 4.95. The van der Waals surface area contributed by atoms with E-state index >= 15 is 0 Å². The molecule has 2 aromatic carbocycles. The second kappa shape index (κ2) is 9.35. The highest BCUT2D eigenvalue weighted by Gasteiger charge is 2.34. The number of thioether (sulfide) groups is 1. The zero-order valence-electron chi connectivity index (χ0n) is 14.6. The summed E-state index contributed by atoms with van der Waals surface area (Å²) in [6.07, 6.45) is 1.66. The molecule has 146 valence electrons. The van der Waals surface area contributed by atoms with Crippen LogP contribution in [0.5, 0.6) is 17.2 Å². The lowest BCUT2D eigenvalue weighted by atomic mass is 10.2. The third-order valence-corrected chi connectivity index (χ3v) is 6.40. The van der Waals surface area contributed by atoms with Crippen molar-refractivity contribution in [3.05, 3.63) is 54.0 Å². The number of carbonyl (C=O) groups is 2. The molecule has 0 aromatic heterocycles. The van der Waals surface area contributed by atoms with Gasteiger partial charge in [-0.05, 0) is 92.8 Å². The summed E-state index contributed by atoms with van der Waals surface area (Å²) in [5.41, 5.74) is 0.752. The number of halogens is 2. The molecule has 2 aromatic rings. The van der Waals surface area contributed by atoms with E-state index in [-0.39, 0.29) is 30.0 Å². The van der Waals surface area contributed by atoms with Gasteiger partial charge in [-0.25, -0.2) is 0 Å². The minimum Gasteiger partial charge on any atom is -0.506 e. The lowest BCUT2D eigenvalue weighted by molar-refractivity contribution is -0.123. The van der Waals surface area contributed by atoms with E-state index in [1.807, 2.05) is 57.3 Å². The molecule has 1 aliphatic heterocycles. The smallest absolute Gasteiger partial charge is 0.293 e. The Morgan fingerprint density at radius 3 is 2.43 bits per heavy atom. The van der Waals surface area contributed by atoms with Gasteiger partial charge in [0.25, 0.3) is 11.1 Å². The number of phenols is 1. The number of rotatable bonds is 6. The molecule has 1 saturated heterocycles. The molecule has 2 amide bonds. The molecular formula is C19H15I2NO5S. The van der Waals surface area contributed by atoms with E-state index in [2.05, 4.69) is 0 Å². The second-order valence-corrected chi connectivity index (χ2v) is 8.98. The van der Waals surface area contributed by atoms with Gasteiger partial charge in [0, 0.05) is 0 Å². The largest absolute Gasteiger partial charge is 0.506 e. The van der Waals surface area contributed by atoms with Crippen LogP contribution in [0, 0.1) is 7.14 Å². The molecule has 0 atom stereocenters. The SMILES string of the molecule is COc1ccccc1OCCN1C(=O)S/C(=C\c2cc(I)c(O)c(I)c2)C1=O. The van der Waals surface area contributed by atoms with Crippen LogP contribution in [0.1, 0.15) is 5.56 Å². The Balaban J connectivity index is 1.68. The Morgan fingerprint density at radius 1 is 1.14 bits per heavy atom. The predicted octanol–water partition coefficient (Wildman–Crippen LogP) is 4.73. The molecular weight excluding hydrogens is 608 g/mol. The van der Waals surface area contributed by atoms with Gasteiger partial charge in [-0.3, -0.25) is 14.5 Å². The molecule has 0 aliphatic carbocycles. The normalized spacial score (nSPS) is 15.4. The van der Waals surface area contributed by atoms with Crippen LogP contribution in [0.3, 0.4) is 0 Å². The molecule has 0 spiro atoms. The summed E-state index contributed by atoms with van der Waals surface area (Å²) in [6.45, 7) is 0.311. The third-order valence-electron chi connectivity index (χ3n) is 3.85. The first kappa shape index (κ1) is 21.2. The molecule has 1 heterocycles. The van der Waals surface area contributed by atoms with Crippen LogP contribution in [0.25, 0.3) is 6.08 Å². The number of aromatic hydroxyl groups is 1. The molecule has 0 saturated carbocycles. The molecule has 0 bridgehead atoms. The molecule has 0 radical (unpaired) electrons. The third kappa shape index (κ3) is 4.74. The van der Waals surface area contributed by atoms with Crippen molar-refractivity contribution in [1.82, 2.24) is 4.90 Å². The van der Waals surface area contributed by atoms with E-state index in [9.17, 15) is 14.7 Å². The number of nitrogens with zero attached hydrogens (tertiary/aromatic N) is 1. The van der Waals surface area contributed by atoms with Crippen LogP contribution in [0.15, 0.2) is 41.3 Å². The van der Waals surface area contributed by atoms with E-state index in [4.69, 9.17) is 9.47 Å². The topological polar surface area (TPSA) is 76.1 Å². The number of ether oxygens (including phenoxy) is 2. The fourth-order valence-electron chi connectivity index (χ4n) is 2.50. The first-order valence-corrected chi connectivity index (χ1v) is 11.1. The number of benzene rings is 2. The van der Waals surface area contributed by atoms with Crippen LogP contribution in [-0.2, 0) is 4.79 Å². The summed E-state index contributed by atoms with van der Waals surface area (Å²) in [7, 11) is 1.55. The van der Waals surface area contributed by atoms with Crippen molar-refractivity contribution in [2.45, 2.75) is 0 Å². The standard InChI is InChI=1S/C19H15I2NO5S/c1-26-14-4-2-3-5-15(14)27-7-6-22-18(24)16(28-19(22)25)10-11-8-12(20)17(23)13(21)9-11/h2-5,8-10,23H,6-7H2,1H3/b16-10-. The first-order chi connectivity index (χ1) is 13.4. The highest BCUT2D eigenvalue weighted by Crippen LogP contribution is 2.34. The molecule has 1 fully saturated rings. The quantitative estimate of drug-likeness (QED) is 0.371. The summed E-state index contributed by atoms with van der Waals surface area (Å²) in [5.74, 6) is 1.01. The summed E-state index contributed by atoms with van der Waals surface area (Å²) in [4.78, 5) is 26.4. The highest BCUT2D eigenvalue weighted by molar-refractivity contribution is 14.1. The average Bonchev–Trinajstić information content (AvgIpc) is 2.93. The van der Waals surface area contributed by atoms with Gasteiger partial charge >= 0.3 is 0 Å². The van der Waals surface area contributed by atoms with Gasteiger partial charge in [-0.2, -0.15) is 0 Å². The van der Waals surface area contributed by atoms with Gasteiger partial charge < -0.3 is 14.6 Å². The Kier molecular flexibility index (Phi) is 7.10. The number of phenolic OH excluding ortho intramolecular Hbond substituents is 1. The first-order valence-electron chi connectivity index (χ1n) is 8.10. The molecule has 3 rings (SSSR count). The average molecular weight is 623 g/mol. The van der Waals surface area contributed by atoms with Crippen LogP contribution in [-0.4, -0.2) is 41.4 Å². The number of hydrogen-bond donors (Lipinski definition) is 1. The second-order valence-electron chi connectivity index (χ2n) is 5.67. The predicted molar refractivity (Wildman–Crippen MR) is 125 cm³/mol. The molecule has 1 aliphatic rings. The van der Waals surface area contributed by atoms with Crippen molar-refractivity contribution in [1.29, 1.82) is 0 Å². The summed E-state index contributed by atoms with van der Waals surface area (Å²) < 4.78 is 12.2. The Labute approximate surface area is 193 Å². The lowest BCUT2D eigenvalue weighted by Gasteiger charge is -2.14. The van der Waals surface area contributed by atoms with Crippen molar-refractivity contribution in [2.75, 3.05) is 20.3 Å². The summed E-state index contributed by atoms with van der Waals surface area (Å²) in [6, 6.07) is 10.7. The van der Waals surface area contributed by atoms with Crippen molar-refractivity contribution in [2.24, 2.45) is 0 Å². The molecule has 1 N–H and O–H groups in total. The Hall–Kier alpha value is -1.47. The fourth-order valence-corrected chi connectivity index (χ4v) is 5.18. The highest BCUT2D eigenvalue weighted by atomic mass is 127. The zero-order chi connectivity index (χ0) is 20.3. The maximum Gasteiger partial charge on any atom is 0.293 e.